The summed E-state index contributed by atoms with van der Waals surface area (Å²) in [7, 11) is 0. The lowest BCUT2D eigenvalue weighted by Crippen LogP contribution is -2.29. The molecule has 1 heterocycles. The summed E-state index contributed by atoms with van der Waals surface area (Å²) in [4.78, 5) is 0. The maximum absolute atomic E-state index is 12.0. The maximum Gasteiger partial charge on any atom is 0.573 e. The van der Waals surface area contributed by atoms with Gasteiger partial charge in [0.1, 0.15) is 5.75 Å². The van der Waals surface area contributed by atoms with Crippen LogP contribution in [-0.2, 0) is 6.42 Å². The molecule has 1 atom stereocenters. The van der Waals surface area contributed by atoms with E-state index in [1.165, 1.54) is 12.1 Å². The van der Waals surface area contributed by atoms with Crippen molar-refractivity contribution in [2.24, 2.45) is 5.84 Å². The van der Waals surface area contributed by atoms with Crippen molar-refractivity contribution in [2.45, 2.75) is 18.8 Å². The number of nitrogens with zero attached hydrogens (tertiary/aromatic N) is 2. The summed E-state index contributed by atoms with van der Waals surface area (Å²) >= 11 is 1.06. The number of halogens is 3. The van der Waals surface area contributed by atoms with Crippen LogP contribution in [0.25, 0.3) is 0 Å². The molecule has 0 radical (unpaired) electrons. The van der Waals surface area contributed by atoms with E-state index in [1.54, 1.807) is 18.3 Å². The summed E-state index contributed by atoms with van der Waals surface area (Å²) < 4.78 is 47.8. The molecule has 0 bridgehead atoms. The van der Waals surface area contributed by atoms with Crippen LogP contribution in [0.5, 0.6) is 5.75 Å². The molecule has 0 fully saturated rings. The number of aromatic nitrogens is 2. The second-order valence-corrected chi connectivity index (χ2v) is 4.50. The van der Waals surface area contributed by atoms with Crippen LogP contribution >= 0.6 is 11.7 Å². The average Bonchev–Trinajstić information content (AvgIpc) is 2.90. The molecule has 0 aliphatic heterocycles. The Kier molecular flexibility index (Phi) is 4.53. The first-order chi connectivity index (χ1) is 9.48. The smallest absolute Gasteiger partial charge is 0.406 e. The highest BCUT2D eigenvalue weighted by molar-refractivity contribution is 6.99. The van der Waals surface area contributed by atoms with Crippen LogP contribution in [-0.4, -0.2) is 15.1 Å². The number of alkyl halides is 3. The number of ether oxygens (including phenoxy) is 1. The first-order valence-electron chi connectivity index (χ1n) is 5.56. The van der Waals surface area contributed by atoms with Crippen LogP contribution in [0.15, 0.2) is 30.5 Å². The van der Waals surface area contributed by atoms with Crippen molar-refractivity contribution in [2.75, 3.05) is 0 Å². The van der Waals surface area contributed by atoms with Gasteiger partial charge in [-0.2, -0.15) is 8.75 Å². The third kappa shape index (κ3) is 4.15. The van der Waals surface area contributed by atoms with E-state index < -0.39 is 6.36 Å². The molecule has 0 aliphatic carbocycles. The Labute approximate surface area is 116 Å². The Morgan fingerprint density at radius 2 is 2.00 bits per heavy atom. The van der Waals surface area contributed by atoms with E-state index in [4.69, 9.17) is 5.84 Å². The normalized spacial score (nSPS) is 13.2. The van der Waals surface area contributed by atoms with Gasteiger partial charge in [0.25, 0.3) is 0 Å². The number of benzene rings is 1. The van der Waals surface area contributed by atoms with Crippen LogP contribution in [0.2, 0.25) is 0 Å². The highest BCUT2D eigenvalue weighted by atomic mass is 32.1. The van der Waals surface area contributed by atoms with Gasteiger partial charge in [-0.05, 0) is 24.1 Å². The van der Waals surface area contributed by atoms with Crippen molar-refractivity contribution < 1.29 is 17.9 Å². The van der Waals surface area contributed by atoms with Crippen molar-refractivity contribution in [3.63, 3.8) is 0 Å². The number of rotatable bonds is 5. The third-order valence-corrected chi connectivity index (χ3v) is 3.03. The topological polar surface area (TPSA) is 73.1 Å². The fourth-order valence-electron chi connectivity index (χ4n) is 1.64. The van der Waals surface area contributed by atoms with Gasteiger partial charge >= 0.3 is 6.36 Å². The number of hydrazine groups is 1. The molecule has 20 heavy (non-hydrogen) atoms. The molecule has 1 aromatic carbocycles. The Morgan fingerprint density at radius 3 is 2.50 bits per heavy atom. The van der Waals surface area contributed by atoms with Gasteiger partial charge in [0, 0.05) is 0 Å². The van der Waals surface area contributed by atoms with E-state index in [0.717, 1.165) is 17.3 Å². The standard InChI is InChI=1S/C11H11F3N4OS/c12-11(13,14)19-8-3-1-7(2-4-8)5-9(17-15)10-6-16-20-18-10/h1-4,6,9,17H,5,15H2. The van der Waals surface area contributed by atoms with E-state index in [-0.39, 0.29) is 11.8 Å². The molecule has 3 N–H and O–H groups in total. The van der Waals surface area contributed by atoms with Crippen LogP contribution in [0.4, 0.5) is 13.2 Å². The molecule has 2 rings (SSSR count). The quantitative estimate of drug-likeness (QED) is 0.654. The van der Waals surface area contributed by atoms with Crippen molar-refractivity contribution >= 4 is 11.7 Å². The van der Waals surface area contributed by atoms with Crippen LogP contribution < -0.4 is 16.0 Å². The Bertz CT molecular complexity index is 530. The van der Waals surface area contributed by atoms with Crippen molar-refractivity contribution in [3.8, 4) is 5.75 Å². The molecular weight excluding hydrogens is 293 g/mol. The minimum Gasteiger partial charge on any atom is -0.406 e. The van der Waals surface area contributed by atoms with Crippen molar-refractivity contribution in [1.29, 1.82) is 0 Å². The van der Waals surface area contributed by atoms with Gasteiger partial charge in [0.15, 0.2) is 0 Å². The van der Waals surface area contributed by atoms with Gasteiger partial charge in [-0.25, -0.2) is 0 Å². The van der Waals surface area contributed by atoms with Crippen LogP contribution in [0.3, 0.4) is 0 Å². The Balaban J connectivity index is 2.03. The predicted molar refractivity (Wildman–Crippen MR) is 66.8 cm³/mol. The van der Waals surface area contributed by atoms with Crippen LogP contribution in [0, 0.1) is 0 Å². The van der Waals surface area contributed by atoms with Crippen LogP contribution in [0.1, 0.15) is 17.3 Å². The first kappa shape index (κ1) is 14.7. The zero-order valence-electron chi connectivity index (χ0n) is 10.1. The second kappa shape index (κ2) is 6.16. The molecule has 2 aromatic rings. The number of hydrogen-bond acceptors (Lipinski definition) is 6. The molecule has 1 unspecified atom stereocenters. The lowest BCUT2D eigenvalue weighted by molar-refractivity contribution is -0.274. The molecule has 108 valence electrons. The predicted octanol–water partition coefficient (Wildman–Crippen LogP) is 2.18. The number of nitrogens with one attached hydrogen (secondary N) is 1. The minimum absolute atomic E-state index is 0.247. The minimum atomic E-state index is -4.69. The summed E-state index contributed by atoms with van der Waals surface area (Å²) in [6.45, 7) is 0. The van der Waals surface area contributed by atoms with E-state index in [1.807, 2.05) is 0 Å². The summed E-state index contributed by atoms with van der Waals surface area (Å²) in [5, 5.41) is 0. The van der Waals surface area contributed by atoms with Gasteiger partial charge in [-0.3, -0.25) is 11.3 Å². The molecule has 1 aromatic heterocycles. The average molecular weight is 304 g/mol. The second-order valence-electron chi connectivity index (χ2n) is 3.95. The summed E-state index contributed by atoms with van der Waals surface area (Å²) in [6, 6.07) is 5.37. The molecule has 9 heteroatoms. The molecule has 0 saturated carbocycles. The maximum atomic E-state index is 12.0. The zero-order chi connectivity index (χ0) is 14.6. The van der Waals surface area contributed by atoms with Gasteiger partial charge in [0.05, 0.1) is 29.7 Å². The van der Waals surface area contributed by atoms with Gasteiger partial charge in [0.2, 0.25) is 0 Å². The first-order valence-corrected chi connectivity index (χ1v) is 6.29. The fourth-order valence-corrected chi connectivity index (χ4v) is 2.11. The lowest BCUT2D eigenvalue weighted by Gasteiger charge is -2.14. The summed E-state index contributed by atoms with van der Waals surface area (Å²) in [6.07, 6.45) is -2.61. The lowest BCUT2D eigenvalue weighted by atomic mass is 10.0. The highest BCUT2D eigenvalue weighted by Crippen LogP contribution is 2.24. The van der Waals surface area contributed by atoms with Crippen molar-refractivity contribution in [1.82, 2.24) is 14.2 Å². The Hall–Kier alpha value is -1.71. The summed E-state index contributed by atoms with van der Waals surface area (Å²) in [5.41, 5.74) is 4.09. The molecule has 0 saturated heterocycles. The zero-order valence-corrected chi connectivity index (χ0v) is 10.9. The Morgan fingerprint density at radius 1 is 1.30 bits per heavy atom. The SMILES string of the molecule is NNC(Cc1ccc(OC(F)(F)F)cc1)c1cnsn1. The van der Waals surface area contributed by atoms with E-state index >= 15 is 0 Å². The van der Waals surface area contributed by atoms with E-state index in [2.05, 4.69) is 18.9 Å². The molecule has 5 nitrogen and oxygen atoms in total. The highest BCUT2D eigenvalue weighted by Gasteiger charge is 2.30. The number of nitrogens with two attached hydrogens (primary N) is 1. The van der Waals surface area contributed by atoms with E-state index in [9.17, 15) is 13.2 Å². The summed E-state index contributed by atoms with van der Waals surface area (Å²) in [5.74, 6) is 5.18. The molecule has 0 aliphatic rings. The number of hydrogen-bond donors (Lipinski definition) is 2. The molecule has 0 spiro atoms. The van der Waals surface area contributed by atoms with Gasteiger partial charge in [-0.15, -0.1) is 13.2 Å². The fraction of sp³-hybridized carbons (Fsp3) is 0.273. The van der Waals surface area contributed by atoms with Gasteiger partial charge in [-0.1, -0.05) is 12.1 Å². The third-order valence-electron chi connectivity index (χ3n) is 2.53. The van der Waals surface area contributed by atoms with Crippen molar-refractivity contribution in [3.05, 3.63) is 41.7 Å². The largest absolute Gasteiger partial charge is 0.573 e. The van der Waals surface area contributed by atoms with E-state index in [0.29, 0.717) is 12.1 Å². The molecular formula is C11H11F3N4OS. The van der Waals surface area contributed by atoms with Gasteiger partial charge < -0.3 is 4.74 Å². The molecule has 0 amide bonds. The monoisotopic (exact) mass is 304 g/mol.